The lowest BCUT2D eigenvalue weighted by Gasteiger charge is -2.28. The molecule has 0 saturated carbocycles. The van der Waals surface area contributed by atoms with E-state index >= 15 is 0 Å². The van der Waals surface area contributed by atoms with Gasteiger partial charge < -0.3 is 28.8 Å². The molecule has 0 aliphatic rings. The normalized spacial score (nSPS) is 10.9. The number of nitrogens with two attached hydrogens (primary N) is 1. The van der Waals surface area contributed by atoms with E-state index in [2.05, 4.69) is 12.2 Å². The van der Waals surface area contributed by atoms with Crippen LogP contribution in [0.2, 0.25) is 6.04 Å². The summed E-state index contributed by atoms with van der Waals surface area (Å²) >= 11 is 0. The zero-order chi connectivity index (χ0) is 17.3. The van der Waals surface area contributed by atoms with E-state index in [1.54, 1.807) is 0 Å². The third-order valence-electron chi connectivity index (χ3n) is 2.46. The van der Waals surface area contributed by atoms with Crippen LogP contribution in [0.3, 0.4) is 0 Å². The average Bonchev–Trinajstić information content (AvgIpc) is 2.46. The molecule has 0 saturated heterocycles. The number of urea groups is 1. The highest BCUT2D eigenvalue weighted by atomic mass is 28.4. The van der Waals surface area contributed by atoms with Gasteiger partial charge in [0.2, 0.25) is 0 Å². The van der Waals surface area contributed by atoms with Gasteiger partial charge >= 0.3 is 14.8 Å². The van der Waals surface area contributed by atoms with E-state index in [4.69, 9.17) is 23.4 Å². The monoisotopic (exact) mass is 354 g/mol. The van der Waals surface area contributed by atoms with Gasteiger partial charge in [-0.1, -0.05) is 6.92 Å². The van der Waals surface area contributed by atoms with Crippen LogP contribution in [0.5, 0.6) is 0 Å². The van der Waals surface area contributed by atoms with E-state index in [-0.39, 0.29) is 0 Å². The molecule has 3 N–H and O–H groups in total. The van der Waals surface area contributed by atoms with Crippen LogP contribution in [0, 0.1) is 0 Å². The number of hydrogen-bond donors (Lipinski definition) is 2. The summed E-state index contributed by atoms with van der Waals surface area (Å²) in [6.45, 7) is 11.0. The Kier molecular flexibility index (Phi) is 18.3. The lowest BCUT2D eigenvalue weighted by molar-refractivity contribution is 0.0708. The molecule has 22 heavy (non-hydrogen) atoms. The molecular weight excluding hydrogens is 320 g/mol. The molecule has 9 heteroatoms. The van der Waals surface area contributed by atoms with Crippen molar-refractivity contribution in [1.29, 1.82) is 0 Å². The molecule has 0 rings (SSSR count). The topological polar surface area (TPSA) is 92.0 Å². The smallest absolute Gasteiger partial charge is 0.428 e. The van der Waals surface area contributed by atoms with Gasteiger partial charge in [-0.25, -0.2) is 4.79 Å². The van der Waals surface area contributed by atoms with Crippen molar-refractivity contribution in [2.45, 2.75) is 46.6 Å². The first kappa shape index (κ1) is 23.8. The minimum atomic E-state index is -2.56. The van der Waals surface area contributed by atoms with Gasteiger partial charge in [0.25, 0.3) is 0 Å². The van der Waals surface area contributed by atoms with E-state index < -0.39 is 14.8 Å². The van der Waals surface area contributed by atoms with Crippen molar-refractivity contribution in [2.75, 3.05) is 33.0 Å². The number of primary amides is 1. The van der Waals surface area contributed by atoms with Crippen LogP contribution in [-0.2, 0) is 17.7 Å². The molecule has 0 unspecified atom stereocenters. The van der Waals surface area contributed by atoms with E-state index in [1.807, 2.05) is 20.8 Å². The highest BCUT2D eigenvalue weighted by Gasteiger charge is 2.39. The van der Waals surface area contributed by atoms with Crippen LogP contribution in [0.25, 0.3) is 0 Å². The summed E-state index contributed by atoms with van der Waals surface area (Å²) in [4.78, 5) is 10.5. The second-order valence-corrected chi connectivity index (χ2v) is 7.68. The zero-order valence-electron chi connectivity index (χ0n) is 14.8. The van der Waals surface area contributed by atoms with Gasteiger partial charge in [0, 0.05) is 39.0 Å². The Morgan fingerprint density at radius 3 is 1.86 bits per heavy atom. The van der Waals surface area contributed by atoms with Gasteiger partial charge in [-0.3, -0.25) is 0 Å². The van der Waals surface area contributed by atoms with Crippen molar-refractivity contribution < 1.29 is 22.5 Å². The Bertz CT molecular complexity index is 242. The summed E-state index contributed by atoms with van der Waals surface area (Å²) in [5.41, 5.74) is 4.99. The Hall–Kier alpha value is -0.456. The molecule has 134 valence electrons. The molecule has 0 aliphatic carbocycles. The van der Waals surface area contributed by atoms with Crippen molar-refractivity contribution in [3.05, 3.63) is 0 Å². The zero-order valence-corrected chi connectivity index (χ0v) is 17.8. The molecule has 0 aromatic heterocycles. The summed E-state index contributed by atoms with van der Waals surface area (Å²) < 4.78 is 21.8. The van der Waals surface area contributed by atoms with Crippen LogP contribution in [0.15, 0.2) is 0 Å². The van der Waals surface area contributed by atoms with Crippen molar-refractivity contribution in [3.8, 4) is 0 Å². The quantitative estimate of drug-likeness (QED) is 0.399. The maximum Gasteiger partial charge on any atom is 0.500 e. The van der Waals surface area contributed by atoms with Crippen molar-refractivity contribution >= 4 is 25.3 Å². The van der Waals surface area contributed by atoms with E-state index in [0.717, 1.165) is 29.9 Å². The minimum absolute atomic E-state index is 0.511. The highest BCUT2D eigenvalue weighted by molar-refractivity contribution is 6.60. The van der Waals surface area contributed by atoms with Crippen LogP contribution >= 0.6 is 0 Å². The summed E-state index contributed by atoms with van der Waals surface area (Å²) in [6.07, 6.45) is 1.89. The van der Waals surface area contributed by atoms with Gasteiger partial charge in [-0.15, -0.1) is 0 Å². The molecule has 0 fully saturated rings. The Balaban J connectivity index is 0. The molecule has 2 amide bonds. The average molecular weight is 355 g/mol. The molecule has 0 radical (unpaired) electrons. The van der Waals surface area contributed by atoms with Gasteiger partial charge in [0.15, 0.2) is 0 Å². The summed E-state index contributed by atoms with van der Waals surface area (Å²) in [5, 5.41) is 2.54. The van der Waals surface area contributed by atoms with Gasteiger partial charge in [-0.05, 0) is 33.6 Å². The Labute approximate surface area is 139 Å². The fourth-order valence-corrected chi connectivity index (χ4v) is 4.74. The first-order chi connectivity index (χ1) is 10.5. The van der Waals surface area contributed by atoms with Gasteiger partial charge in [0.1, 0.15) is 10.5 Å². The van der Waals surface area contributed by atoms with Crippen LogP contribution < -0.4 is 11.1 Å². The third kappa shape index (κ3) is 14.5. The number of carbonyl (C=O) groups is 1. The van der Waals surface area contributed by atoms with Crippen molar-refractivity contribution in [1.82, 2.24) is 5.32 Å². The third-order valence-corrected chi connectivity index (χ3v) is 6.02. The van der Waals surface area contributed by atoms with E-state index in [1.165, 1.54) is 0 Å². The van der Waals surface area contributed by atoms with E-state index in [9.17, 15) is 4.79 Å². The first-order valence-electron chi connectivity index (χ1n) is 7.95. The molecule has 0 aromatic rings. The molecule has 0 spiro atoms. The second-order valence-electron chi connectivity index (χ2n) is 4.37. The van der Waals surface area contributed by atoms with Crippen molar-refractivity contribution in [3.63, 3.8) is 0 Å². The molecule has 7 nitrogen and oxygen atoms in total. The summed E-state index contributed by atoms with van der Waals surface area (Å²) in [6, 6.07) is 0.171. The molecule has 0 heterocycles. The predicted octanol–water partition coefficient (Wildman–Crippen LogP) is 0.787. The standard InChI is InChI=1S/C10H24N2O4Si.C3H10OSi/c1-4-14-17(15-5-2,16-6-3)9-7-8-12-10(11)13;1-2-3-4-5/h4-9H2,1-3H3,(H3,11,12,13);2-3H2,1,5H3. The number of rotatable bonds is 12. The van der Waals surface area contributed by atoms with Gasteiger partial charge in [0.05, 0.1) is 0 Å². The summed E-state index contributed by atoms with van der Waals surface area (Å²) in [7, 11) is -1.66. The minimum Gasteiger partial charge on any atom is -0.428 e. The number of nitrogens with one attached hydrogen (secondary N) is 1. The lowest BCUT2D eigenvalue weighted by Crippen LogP contribution is -2.46. The molecule has 0 bridgehead atoms. The van der Waals surface area contributed by atoms with Crippen LogP contribution in [0.4, 0.5) is 4.79 Å². The molecular formula is C13H34N2O5Si2. The van der Waals surface area contributed by atoms with Gasteiger partial charge in [-0.2, -0.15) is 0 Å². The van der Waals surface area contributed by atoms with Crippen molar-refractivity contribution in [2.24, 2.45) is 5.73 Å². The van der Waals surface area contributed by atoms with Crippen LogP contribution in [-0.4, -0.2) is 58.3 Å². The fourth-order valence-electron chi connectivity index (χ4n) is 1.72. The fraction of sp³-hybridized carbons (Fsp3) is 0.923. The molecule has 0 atom stereocenters. The SMILES string of the molecule is CCCO[SiH3].CCO[Si](CCCNC(N)=O)(OCC)OCC. The maximum absolute atomic E-state index is 10.5. The Morgan fingerprint density at radius 2 is 1.59 bits per heavy atom. The maximum atomic E-state index is 10.5. The number of hydrogen-bond acceptors (Lipinski definition) is 5. The van der Waals surface area contributed by atoms with Crippen LogP contribution in [0.1, 0.15) is 40.5 Å². The largest absolute Gasteiger partial charge is 0.500 e. The number of carbonyl (C=O) groups excluding carboxylic acids is 1. The predicted molar refractivity (Wildman–Crippen MR) is 93.8 cm³/mol. The second kappa shape index (κ2) is 16.9. The number of amides is 2. The molecule has 0 aliphatic heterocycles. The molecule has 0 aromatic carbocycles. The lowest BCUT2D eigenvalue weighted by atomic mass is 10.5. The summed E-state index contributed by atoms with van der Waals surface area (Å²) in [5.74, 6) is 0. The Morgan fingerprint density at radius 1 is 1.09 bits per heavy atom. The highest BCUT2D eigenvalue weighted by Crippen LogP contribution is 2.17. The van der Waals surface area contributed by atoms with E-state index in [0.29, 0.717) is 32.4 Å². The first-order valence-corrected chi connectivity index (χ1v) is 10.7.